The molecule has 0 aliphatic heterocycles. The largest absolute Gasteiger partial charge is 0.271 e. The molecule has 3 heteroatoms. The highest BCUT2D eigenvalue weighted by Crippen LogP contribution is 2.19. The molecular formula is C15H27N3. The van der Waals surface area contributed by atoms with Crippen molar-refractivity contribution in [3.8, 4) is 0 Å². The average Bonchev–Trinajstić information content (AvgIpc) is 2.39. The Labute approximate surface area is 111 Å². The highest BCUT2D eigenvalue weighted by atomic mass is 15.2. The number of hydrogen-bond donors (Lipinski definition) is 2. The predicted octanol–water partition coefficient (Wildman–Crippen LogP) is 3.65. The lowest BCUT2D eigenvalue weighted by Crippen LogP contribution is -2.28. The molecule has 1 unspecified atom stereocenters. The molecular weight excluding hydrogens is 222 g/mol. The van der Waals surface area contributed by atoms with Crippen LogP contribution in [-0.4, -0.2) is 4.98 Å². The highest BCUT2D eigenvalue weighted by Gasteiger charge is 2.09. The Bertz CT molecular complexity index is 308. The first-order valence-electron chi connectivity index (χ1n) is 7.16. The first-order valence-corrected chi connectivity index (χ1v) is 7.16. The molecule has 1 heterocycles. The molecule has 0 aromatic carbocycles. The van der Waals surface area contributed by atoms with E-state index in [-0.39, 0.29) is 6.04 Å². The summed E-state index contributed by atoms with van der Waals surface area (Å²) in [5.41, 5.74) is 5.14. The molecule has 1 aromatic rings. The summed E-state index contributed by atoms with van der Waals surface area (Å²) in [6.45, 7) is 4.25. The van der Waals surface area contributed by atoms with Gasteiger partial charge in [0.2, 0.25) is 0 Å². The number of hydrogen-bond acceptors (Lipinski definition) is 3. The second kappa shape index (κ2) is 9.06. The number of nitrogens with zero attached hydrogens (tertiary/aromatic N) is 1. The Balaban J connectivity index is 2.27. The van der Waals surface area contributed by atoms with Gasteiger partial charge >= 0.3 is 0 Å². The Morgan fingerprint density at radius 1 is 1.17 bits per heavy atom. The van der Waals surface area contributed by atoms with Crippen molar-refractivity contribution in [2.45, 2.75) is 64.8 Å². The minimum atomic E-state index is 0.240. The zero-order valence-electron chi connectivity index (χ0n) is 11.8. The maximum Gasteiger partial charge on any atom is 0.0475 e. The molecule has 0 radical (unpaired) electrons. The Morgan fingerprint density at radius 2 is 1.89 bits per heavy atom. The van der Waals surface area contributed by atoms with Gasteiger partial charge in [-0.15, -0.1) is 0 Å². The van der Waals surface area contributed by atoms with Gasteiger partial charge in [0.15, 0.2) is 0 Å². The summed E-state index contributed by atoms with van der Waals surface area (Å²) in [6, 6.07) is 4.40. The first-order chi connectivity index (χ1) is 8.77. The molecule has 0 saturated heterocycles. The summed E-state index contributed by atoms with van der Waals surface area (Å²) in [5.74, 6) is 5.63. The van der Waals surface area contributed by atoms with Gasteiger partial charge < -0.3 is 0 Å². The topological polar surface area (TPSA) is 50.9 Å². The molecule has 1 rings (SSSR count). The number of aryl methyl sites for hydroxylation is 1. The Morgan fingerprint density at radius 3 is 2.50 bits per heavy atom. The molecule has 1 aromatic heterocycles. The second-order valence-electron chi connectivity index (χ2n) is 5.01. The van der Waals surface area contributed by atoms with Gasteiger partial charge in [0, 0.05) is 17.9 Å². The Kier molecular flexibility index (Phi) is 7.62. The van der Waals surface area contributed by atoms with Crippen LogP contribution < -0.4 is 11.3 Å². The van der Waals surface area contributed by atoms with Gasteiger partial charge in [0.25, 0.3) is 0 Å². The third-order valence-corrected chi connectivity index (χ3v) is 3.38. The van der Waals surface area contributed by atoms with E-state index in [0.717, 1.165) is 12.1 Å². The average molecular weight is 249 g/mol. The third kappa shape index (κ3) is 5.61. The molecule has 0 amide bonds. The van der Waals surface area contributed by atoms with Crippen LogP contribution in [0.2, 0.25) is 0 Å². The molecule has 3 N–H and O–H groups in total. The third-order valence-electron chi connectivity index (χ3n) is 3.38. The maximum atomic E-state index is 5.63. The zero-order valence-corrected chi connectivity index (χ0v) is 11.8. The van der Waals surface area contributed by atoms with E-state index >= 15 is 0 Å². The Hall–Kier alpha value is -0.930. The van der Waals surface area contributed by atoms with E-state index in [1.807, 2.05) is 19.2 Å². The lowest BCUT2D eigenvalue weighted by atomic mass is 10.0. The number of hydrazine groups is 1. The molecule has 0 fully saturated rings. The molecule has 0 bridgehead atoms. The van der Waals surface area contributed by atoms with Crippen LogP contribution in [0, 0.1) is 6.92 Å². The first kappa shape index (κ1) is 15.1. The number of nitrogens with one attached hydrogen (secondary N) is 1. The van der Waals surface area contributed by atoms with E-state index in [9.17, 15) is 0 Å². The highest BCUT2D eigenvalue weighted by molar-refractivity contribution is 5.16. The van der Waals surface area contributed by atoms with Gasteiger partial charge in [-0.2, -0.15) is 0 Å². The van der Waals surface area contributed by atoms with Crippen molar-refractivity contribution in [2.75, 3.05) is 0 Å². The SMILES string of the molecule is CCCCCCCCC(NN)c1ccc(C)nc1. The van der Waals surface area contributed by atoms with Crippen LogP contribution >= 0.6 is 0 Å². The van der Waals surface area contributed by atoms with E-state index in [2.05, 4.69) is 23.4 Å². The van der Waals surface area contributed by atoms with E-state index in [1.54, 1.807) is 0 Å². The fraction of sp³-hybridized carbons (Fsp3) is 0.667. The van der Waals surface area contributed by atoms with E-state index in [1.165, 1.54) is 44.1 Å². The smallest absolute Gasteiger partial charge is 0.0475 e. The van der Waals surface area contributed by atoms with Gasteiger partial charge in [-0.05, 0) is 25.0 Å². The number of rotatable bonds is 9. The van der Waals surface area contributed by atoms with Crippen molar-refractivity contribution in [1.82, 2.24) is 10.4 Å². The minimum Gasteiger partial charge on any atom is -0.271 e. The lowest BCUT2D eigenvalue weighted by Gasteiger charge is -2.15. The monoisotopic (exact) mass is 249 g/mol. The van der Waals surface area contributed by atoms with Crippen LogP contribution in [-0.2, 0) is 0 Å². The van der Waals surface area contributed by atoms with Crippen molar-refractivity contribution in [1.29, 1.82) is 0 Å². The molecule has 1 atom stereocenters. The van der Waals surface area contributed by atoms with Crippen molar-refractivity contribution in [2.24, 2.45) is 5.84 Å². The van der Waals surface area contributed by atoms with E-state index in [0.29, 0.717) is 0 Å². The van der Waals surface area contributed by atoms with Crippen LogP contribution in [0.25, 0.3) is 0 Å². The van der Waals surface area contributed by atoms with Gasteiger partial charge in [-0.3, -0.25) is 16.3 Å². The van der Waals surface area contributed by atoms with Gasteiger partial charge in [-0.1, -0.05) is 51.5 Å². The van der Waals surface area contributed by atoms with Crippen molar-refractivity contribution < 1.29 is 0 Å². The van der Waals surface area contributed by atoms with Crippen LogP contribution in [0.15, 0.2) is 18.3 Å². The zero-order chi connectivity index (χ0) is 13.2. The quantitative estimate of drug-likeness (QED) is 0.399. The molecule has 102 valence electrons. The fourth-order valence-electron chi connectivity index (χ4n) is 2.16. The normalized spacial score (nSPS) is 12.6. The van der Waals surface area contributed by atoms with Crippen LogP contribution in [0.5, 0.6) is 0 Å². The molecule has 18 heavy (non-hydrogen) atoms. The summed E-state index contributed by atoms with van der Waals surface area (Å²) in [7, 11) is 0. The fourth-order valence-corrected chi connectivity index (χ4v) is 2.16. The van der Waals surface area contributed by atoms with Crippen LogP contribution in [0.1, 0.15) is 69.2 Å². The lowest BCUT2D eigenvalue weighted by molar-refractivity contribution is 0.476. The molecule has 0 aliphatic rings. The second-order valence-corrected chi connectivity index (χ2v) is 5.01. The molecule has 0 aliphatic carbocycles. The number of unbranched alkanes of at least 4 members (excludes halogenated alkanes) is 5. The van der Waals surface area contributed by atoms with Gasteiger partial charge in [0.05, 0.1) is 0 Å². The van der Waals surface area contributed by atoms with Gasteiger partial charge in [0.1, 0.15) is 0 Å². The maximum absolute atomic E-state index is 5.63. The molecule has 0 saturated carbocycles. The minimum absolute atomic E-state index is 0.240. The summed E-state index contributed by atoms with van der Waals surface area (Å²) in [6.07, 6.45) is 10.9. The van der Waals surface area contributed by atoms with Crippen molar-refractivity contribution >= 4 is 0 Å². The number of nitrogens with two attached hydrogens (primary N) is 1. The van der Waals surface area contributed by atoms with Crippen LogP contribution in [0.4, 0.5) is 0 Å². The number of pyridine rings is 1. The summed E-state index contributed by atoms with van der Waals surface area (Å²) >= 11 is 0. The molecule has 3 nitrogen and oxygen atoms in total. The van der Waals surface area contributed by atoms with E-state index in [4.69, 9.17) is 5.84 Å². The summed E-state index contributed by atoms with van der Waals surface area (Å²) < 4.78 is 0. The predicted molar refractivity (Wildman–Crippen MR) is 77.0 cm³/mol. The van der Waals surface area contributed by atoms with Crippen molar-refractivity contribution in [3.05, 3.63) is 29.6 Å². The van der Waals surface area contributed by atoms with E-state index < -0.39 is 0 Å². The summed E-state index contributed by atoms with van der Waals surface area (Å²) in [4.78, 5) is 4.32. The van der Waals surface area contributed by atoms with Gasteiger partial charge in [-0.25, -0.2) is 0 Å². The summed E-state index contributed by atoms with van der Waals surface area (Å²) in [5, 5.41) is 0. The molecule has 0 spiro atoms. The standard InChI is InChI=1S/C15H27N3/c1-3-4-5-6-7-8-9-15(18-16)14-11-10-13(2)17-12-14/h10-12,15,18H,3-9,16H2,1-2H3. The number of aromatic nitrogens is 1. The van der Waals surface area contributed by atoms with Crippen LogP contribution in [0.3, 0.4) is 0 Å². The van der Waals surface area contributed by atoms with Crippen molar-refractivity contribution in [3.63, 3.8) is 0 Å².